The molecule has 2 nitrogen and oxygen atoms in total. The van der Waals surface area contributed by atoms with Gasteiger partial charge >= 0.3 is 0 Å². The Morgan fingerprint density at radius 3 is 2.25 bits per heavy atom. The van der Waals surface area contributed by atoms with Gasteiger partial charge < -0.3 is 5.32 Å². The van der Waals surface area contributed by atoms with Gasteiger partial charge in [0.2, 0.25) is 0 Å². The van der Waals surface area contributed by atoms with Crippen molar-refractivity contribution in [2.45, 2.75) is 11.9 Å². The summed E-state index contributed by atoms with van der Waals surface area (Å²) in [4.78, 5) is 12.0. The summed E-state index contributed by atoms with van der Waals surface area (Å²) in [5, 5.41) is 4.48. The molecule has 0 aromatic heterocycles. The van der Waals surface area contributed by atoms with E-state index >= 15 is 0 Å². The minimum absolute atomic E-state index is 0.173. The summed E-state index contributed by atoms with van der Waals surface area (Å²) in [6, 6.07) is 12.9. The van der Waals surface area contributed by atoms with Crippen LogP contribution in [-0.4, -0.2) is 5.91 Å². The number of hydrogen-bond donors (Lipinski definition) is 1. The quantitative estimate of drug-likeness (QED) is 0.766. The highest BCUT2D eigenvalue weighted by Gasteiger charge is 2.07. The van der Waals surface area contributed by atoms with Gasteiger partial charge in [-0.25, -0.2) is 0 Å². The van der Waals surface area contributed by atoms with Gasteiger partial charge in [-0.05, 0) is 29.3 Å². The molecule has 0 aliphatic rings. The van der Waals surface area contributed by atoms with Crippen LogP contribution in [0.3, 0.4) is 0 Å². The molecule has 0 fully saturated rings. The molecule has 0 saturated heterocycles. The zero-order valence-corrected chi connectivity index (χ0v) is 13.6. The molecule has 0 radical (unpaired) electrons. The highest BCUT2D eigenvalue weighted by molar-refractivity contribution is 9.08. The lowest BCUT2D eigenvalue weighted by molar-refractivity contribution is 0.0951. The number of benzene rings is 2. The standard InChI is InChI=1S/C15H12BrCl2NO/c16-8-10-1-3-11(4-2-10)9-19-15(20)12-5-6-13(17)14(18)7-12/h1-7H,8-9H2,(H,19,20). The van der Waals surface area contributed by atoms with Crippen molar-refractivity contribution in [3.05, 3.63) is 69.2 Å². The van der Waals surface area contributed by atoms with Crippen molar-refractivity contribution >= 4 is 45.0 Å². The van der Waals surface area contributed by atoms with Gasteiger partial charge in [0.05, 0.1) is 10.0 Å². The van der Waals surface area contributed by atoms with Crippen LogP contribution in [0.25, 0.3) is 0 Å². The molecule has 0 aliphatic heterocycles. The number of alkyl halides is 1. The van der Waals surface area contributed by atoms with Crippen LogP contribution in [0, 0.1) is 0 Å². The second-order valence-corrected chi connectivity index (χ2v) is 5.64. The first-order chi connectivity index (χ1) is 9.60. The SMILES string of the molecule is O=C(NCc1ccc(CBr)cc1)c1ccc(Cl)c(Cl)c1. The van der Waals surface area contributed by atoms with Crippen LogP contribution >= 0.6 is 39.1 Å². The molecule has 5 heteroatoms. The summed E-state index contributed by atoms with van der Waals surface area (Å²) in [5.41, 5.74) is 2.74. The Bertz CT molecular complexity index is 614. The fourth-order valence-electron chi connectivity index (χ4n) is 1.67. The van der Waals surface area contributed by atoms with E-state index in [1.807, 2.05) is 24.3 Å². The van der Waals surface area contributed by atoms with Crippen LogP contribution in [0.4, 0.5) is 0 Å². The van der Waals surface area contributed by atoms with Gasteiger partial charge in [-0.3, -0.25) is 4.79 Å². The molecule has 104 valence electrons. The Hall–Kier alpha value is -1.03. The highest BCUT2D eigenvalue weighted by atomic mass is 79.9. The Morgan fingerprint density at radius 2 is 1.65 bits per heavy atom. The van der Waals surface area contributed by atoms with Crippen molar-refractivity contribution in [1.29, 1.82) is 0 Å². The third kappa shape index (κ3) is 3.98. The predicted octanol–water partition coefficient (Wildman–Crippen LogP) is 4.82. The lowest BCUT2D eigenvalue weighted by atomic mass is 10.1. The molecule has 2 aromatic rings. The first-order valence-electron chi connectivity index (χ1n) is 5.97. The van der Waals surface area contributed by atoms with E-state index in [2.05, 4.69) is 21.2 Å². The molecular weight excluding hydrogens is 361 g/mol. The zero-order chi connectivity index (χ0) is 14.5. The van der Waals surface area contributed by atoms with Crippen LogP contribution in [0.2, 0.25) is 10.0 Å². The van der Waals surface area contributed by atoms with Crippen LogP contribution in [0.1, 0.15) is 21.5 Å². The number of halogens is 3. The molecule has 2 aromatic carbocycles. The van der Waals surface area contributed by atoms with E-state index < -0.39 is 0 Å². The predicted molar refractivity (Wildman–Crippen MR) is 86.7 cm³/mol. The Morgan fingerprint density at radius 1 is 1.00 bits per heavy atom. The lowest BCUT2D eigenvalue weighted by Crippen LogP contribution is -2.22. The van der Waals surface area contributed by atoms with E-state index in [0.717, 1.165) is 10.9 Å². The van der Waals surface area contributed by atoms with Crippen molar-refractivity contribution in [3.63, 3.8) is 0 Å². The number of carbonyl (C=O) groups is 1. The average Bonchev–Trinajstić information content (AvgIpc) is 2.48. The number of amides is 1. The Labute approximate surface area is 136 Å². The molecule has 0 atom stereocenters. The van der Waals surface area contributed by atoms with E-state index in [1.165, 1.54) is 5.56 Å². The molecule has 1 amide bonds. The highest BCUT2D eigenvalue weighted by Crippen LogP contribution is 2.22. The van der Waals surface area contributed by atoms with Crippen LogP contribution < -0.4 is 5.32 Å². The molecular formula is C15H12BrCl2NO. The third-order valence-corrected chi connectivity index (χ3v) is 4.20. The Balaban J connectivity index is 1.98. The number of carbonyl (C=O) groups excluding carboxylic acids is 1. The van der Waals surface area contributed by atoms with Crippen molar-refractivity contribution in [3.8, 4) is 0 Å². The molecule has 1 N–H and O–H groups in total. The second-order valence-electron chi connectivity index (χ2n) is 4.26. The van der Waals surface area contributed by atoms with Gasteiger partial charge in [0, 0.05) is 17.4 Å². The largest absolute Gasteiger partial charge is 0.348 e. The molecule has 0 bridgehead atoms. The fraction of sp³-hybridized carbons (Fsp3) is 0.133. The second kappa shape index (κ2) is 7.11. The fourth-order valence-corrected chi connectivity index (χ4v) is 2.34. The van der Waals surface area contributed by atoms with E-state index in [-0.39, 0.29) is 5.91 Å². The summed E-state index contributed by atoms with van der Waals surface area (Å²) in [5.74, 6) is -0.173. The zero-order valence-electron chi connectivity index (χ0n) is 10.5. The van der Waals surface area contributed by atoms with Crippen LogP contribution in [0.15, 0.2) is 42.5 Å². The summed E-state index contributed by atoms with van der Waals surface area (Å²) in [6.45, 7) is 0.474. The summed E-state index contributed by atoms with van der Waals surface area (Å²) < 4.78 is 0. The van der Waals surface area contributed by atoms with E-state index in [1.54, 1.807) is 18.2 Å². The molecule has 0 unspecified atom stereocenters. The summed E-state index contributed by atoms with van der Waals surface area (Å²) >= 11 is 15.1. The van der Waals surface area contributed by atoms with Gasteiger partial charge in [0.1, 0.15) is 0 Å². The monoisotopic (exact) mass is 371 g/mol. The Kier molecular flexibility index (Phi) is 5.46. The first kappa shape index (κ1) is 15.4. The minimum Gasteiger partial charge on any atom is -0.348 e. The maximum Gasteiger partial charge on any atom is 0.251 e. The van der Waals surface area contributed by atoms with Gasteiger partial charge in [0.15, 0.2) is 0 Å². The first-order valence-corrected chi connectivity index (χ1v) is 7.85. The van der Waals surface area contributed by atoms with Crippen molar-refractivity contribution in [2.75, 3.05) is 0 Å². The van der Waals surface area contributed by atoms with E-state index in [0.29, 0.717) is 22.2 Å². The lowest BCUT2D eigenvalue weighted by Gasteiger charge is -2.07. The van der Waals surface area contributed by atoms with Gasteiger partial charge in [-0.1, -0.05) is 63.4 Å². The maximum absolute atomic E-state index is 12.0. The van der Waals surface area contributed by atoms with Crippen LogP contribution in [0.5, 0.6) is 0 Å². The van der Waals surface area contributed by atoms with Crippen molar-refractivity contribution < 1.29 is 4.79 Å². The summed E-state index contributed by atoms with van der Waals surface area (Å²) in [7, 11) is 0. The molecule has 0 saturated carbocycles. The molecule has 0 aliphatic carbocycles. The number of nitrogens with one attached hydrogen (secondary N) is 1. The van der Waals surface area contributed by atoms with E-state index in [9.17, 15) is 4.79 Å². The van der Waals surface area contributed by atoms with Crippen molar-refractivity contribution in [2.24, 2.45) is 0 Å². The normalized spacial score (nSPS) is 10.3. The van der Waals surface area contributed by atoms with Gasteiger partial charge in [-0.2, -0.15) is 0 Å². The minimum atomic E-state index is -0.173. The topological polar surface area (TPSA) is 29.1 Å². The third-order valence-electron chi connectivity index (χ3n) is 2.81. The molecule has 20 heavy (non-hydrogen) atoms. The number of rotatable bonds is 4. The number of hydrogen-bond acceptors (Lipinski definition) is 1. The van der Waals surface area contributed by atoms with E-state index in [4.69, 9.17) is 23.2 Å². The van der Waals surface area contributed by atoms with Gasteiger partial charge in [0.25, 0.3) is 5.91 Å². The molecule has 2 rings (SSSR count). The van der Waals surface area contributed by atoms with Crippen LogP contribution in [-0.2, 0) is 11.9 Å². The van der Waals surface area contributed by atoms with Gasteiger partial charge in [-0.15, -0.1) is 0 Å². The van der Waals surface area contributed by atoms with Crippen molar-refractivity contribution in [1.82, 2.24) is 5.32 Å². The summed E-state index contributed by atoms with van der Waals surface area (Å²) in [6.07, 6.45) is 0. The molecule has 0 spiro atoms. The molecule has 0 heterocycles. The average molecular weight is 373 g/mol. The maximum atomic E-state index is 12.0. The smallest absolute Gasteiger partial charge is 0.251 e.